The van der Waals surface area contributed by atoms with Crippen molar-refractivity contribution in [2.45, 2.75) is 58.2 Å². The van der Waals surface area contributed by atoms with Gasteiger partial charge in [0.25, 0.3) is 0 Å². The van der Waals surface area contributed by atoms with Gasteiger partial charge in [-0.2, -0.15) is 0 Å². The van der Waals surface area contributed by atoms with Gasteiger partial charge in [-0.25, -0.2) is 8.42 Å². The van der Waals surface area contributed by atoms with Crippen molar-refractivity contribution in [3.63, 3.8) is 0 Å². The van der Waals surface area contributed by atoms with Gasteiger partial charge in [0.2, 0.25) is 0 Å². The molecule has 0 aromatic heterocycles. The number of benzene rings is 1. The zero-order valence-electron chi connectivity index (χ0n) is 13.6. The van der Waals surface area contributed by atoms with Crippen molar-refractivity contribution < 1.29 is 8.42 Å². The molecule has 0 amide bonds. The molecular formula is C17H27NO2S. The molecule has 2 unspecified atom stereocenters. The summed E-state index contributed by atoms with van der Waals surface area (Å²) in [5.74, 6) is 0.337. The largest absolute Gasteiger partial charge is 0.309 e. The Bertz CT molecular complexity index is 607. The summed E-state index contributed by atoms with van der Waals surface area (Å²) in [7, 11) is -3.00. The van der Waals surface area contributed by atoms with E-state index in [9.17, 15) is 8.42 Å². The number of nitrogens with one attached hydrogen (secondary N) is 1. The van der Waals surface area contributed by atoms with Gasteiger partial charge in [-0.15, -0.1) is 0 Å². The highest BCUT2D eigenvalue weighted by atomic mass is 32.2. The van der Waals surface area contributed by atoms with Crippen LogP contribution in [0.1, 0.15) is 54.5 Å². The molecule has 1 aromatic carbocycles. The summed E-state index contributed by atoms with van der Waals surface area (Å²) < 4.78 is 25.0. The van der Waals surface area contributed by atoms with E-state index >= 15 is 0 Å². The molecule has 3 nitrogen and oxygen atoms in total. The maximum atomic E-state index is 12.5. The first kappa shape index (κ1) is 16.5. The third-order valence-corrected chi connectivity index (χ3v) is 6.93. The minimum absolute atomic E-state index is 0.0837. The van der Waals surface area contributed by atoms with E-state index < -0.39 is 9.84 Å². The van der Waals surface area contributed by atoms with E-state index in [4.69, 9.17) is 0 Å². The second-order valence-corrected chi connectivity index (χ2v) is 8.57. The van der Waals surface area contributed by atoms with Crippen LogP contribution in [0.25, 0.3) is 0 Å². The minimum Gasteiger partial charge on any atom is -0.309 e. The fraction of sp³-hybridized carbons (Fsp3) is 0.647. The maximum Gasteiger partial charge on any atom is 0.155 e. The van der Waals surface area contributed by atoms with Crippen molar-refractivity contribution in [1.82, 2.24) is 5.32 Å². The number of hydrogen-bond donors (Lipinski definition) is 1. The highest BCUT2D eigenvalue weighted by Crippen LogP contribution is 2.33. The molecule has 118 valence electrons. The molecule has 0 radical (unpaired) electrons. The molecule has 4 heteroatoms. The molecule has 0 saturated carbocycles. The Morgan fingerprint density at radius 3 is 2.43 bits per heavy atom. The van der Waals surface area contributed by atoms with Crippen LogP contribution in [0.2, 0.25) is 0 Å². The molecule has 0 bridgehead atoms. The Morgan fingerprint density at radius 1 is 1.14 bits per heavy atom. The Morgan fingerprint density at radius 2 is 1.81 bits per heavy atom. The molecule has 1 N–H and O–H groups in total. The van der Waals surface area contributed by atoms with E-state index in [2.05, 4.69) is 38.2 Å². The minimum atomic E-state index is -3.00. The summed E-state index contributed by atoms with van der Waals surface area (Å²) in [6.45, 7) is 9.10. The molecular weight excluding hydrogens is 282 g/mol. The molecule has 2 rings (SSSR count). The fourth-order valence-electron chi connectivity index (χ4n) is 3.33. The van der Waals surface area contributed by atoms with E-state index in [1.54, 1.807) is 0 Å². The second-order valence-electron chi connectivity index (χ2n) is 6.23. The van der Waals surface area contributed by atoms with Gasteiger partial charge in [0.05, 0.1) is 11.0 Å². The van der Waals surface area contributed by atoms with Crippen LogP contribution in [0.4, 0.5) is 0 Å². The summed E-state index contributed by atoms with van der Waals surface area (Å²) in [5, 5.41) is 3.15. The quantitative estimate of drug-likeness (QED) is 0.929. The van der Waals surface area contributed by atoms with Gasteiger partial charge in [0.1, 0.15) is 0 Å². The number of sulfone groups is 1. The van der Waals surface area contributed by atoms with Gasteiger partial charge in [-0.1, -0.05) is 25.5 Å². The number of rotatable bonds is 4. The van der Waals surface area contributed by atoms with Crippen molar-refractivity contribution in [3.05, 3.63) is 34.4 Å². The third kappa shape index (κ3) is 3.49. The SMILES string of the molecule is CCNC(c1cc(C)c(C)cc1C)C1CCCCS1(=O)=O. The van der Waals surface area contributed by atoms with Crippen LogP contribution < -0.4 is 5.32 Å². The number of hydrogen-bond acceptors (Lipinski definition) is 3. The summed E-state index contributed by atoms with van der Waals surface area (Å²) in [5.41, 5.74) is 4.82. The fourth-order valence-corrected chi connectivity index (χ4v) is 5.43. The van der Waals surface area contributed by atoms with Crippen molar-refractivity contribution in [1.29, 1.82) is 0 Å². The highest BCUT2D eigenvalue weighted by Gasteiger charge is 2.36. The molecule has 0 aliphatic carbocycles. The van der Waals surface area contributed by atoms with Crippen molar-refractivity contribution >= 4 is 9.84 Å². The van der Waals surface area contributed by atoms with Crippen molar-refractivity contribution in [2.75, 3.05) is 12.3 Å². The third-order valence-electron chi connectivity index (χ3n) is 4.64. The smallest absolute Gasteiger partial charge is 0.155 e. The van der Waals surface area contributed by atoms with Crippen LogP contribution in [0, 0.1) is 20.8 Å². The Hall–Kier alpha value is -0.870. The lowest BCUT2D eigenvalue weighted by molar-refractivity contribution is 0.453. The van der Waals surface area contributed by atoms with Crippen LogP contribution in [0.3, 0.4) is 0 Å². The van der Waals surface area contributed by atoms with Gasteiger partial charge in [-0.05, 0) is 62.4 Å². The van der Waals surface area contributed by atoms with Crippen LogP contribution in [-0.2, 0) is 9.84 Å². The molecule has 1 fully saturated rings. The van der Waals surface area contributed by atoms with Gasteiger partial charge in [-0.3, -0.25) is 0 Å². The Balaban J connectivity index is 2.46. The monoisotopic (exact) mass is 309 g/mol. The lowest BCUT2D eigenvalue weighted by Gasteiger charge is -2.32. The predicted molar refractivity (Wildman–Crippen MR) is 88.5 cm³/mol. The van der Waals surface area contributed by atoms with Crippen LogP contribution in [-0.4, -0.2) is 26.0 Å². The topological polar surface area (TPSA) is 46.2 Å². The summed E-state index contributed by atoms with van der Waals surface area (Å²) in [4.78, 5) is 0. The van der Waals surface area contributed by atoms with Crippen molar-refractivity contribution in [2.24, 2.45) is 0 Å². The standard InChI is InChI=1S/C17H27NO2S/c1-5-18-17(16-8-6-7-9-21(16,19)20)15-11-13(3)12(2)10-14(15)4/h10-11,16-18H,5-9H2,1-4H3. The molecule has 0 spiro atoms. The normalized spacial score (nSPS) is 23.0. The lowest BCUT2D eigenvalue weighted by Crippen LogP contribution is -2.41. The van der Waals surface area contributed by atoms with Crippen LogP contribution >= 0.6 is 0 Å². The Labute approximate surface area is 129 Å². The summed E-state index contributed by atoms with van der Waals surface area (Å²) in [6.07, 6.45) is 2.59. The molecule has 1 aromatic rings. The molecule has 1 saturated heterocycles. The van der Waals surface area contributed by atoms with Crippen LogP contribution in [0.5, 0.6) is 0 Å². The first-order valence-corrected chi connectivity index (χ1v) is 9.61. The van der Waals surface area contributed by atoms with Gasteiger partial charge in [0.15, 0.2) is 9.84 Å². The van der Waals surface area contributed by atoms with E-state index in [-0.39, 0.29) is 11.3 Å². The summed E-state index contributed by atoms with van der Waals surface area (Å²) in [6, 6.07) is 4.26. The van der Waals surface area contributed by atoms with E-state index in [0.29, 0.717) is 5.75 Å². The molecule has 1 heterocycles. The van der Waals surface area contributed by atoms with Crippen molar-refractivity contribution in [3.8, 4) is 0 Å². The van der Waals surface area contributed by atoms with Gasteiger partial charge >= 0.3 is 0 Å². The summed E-state index contributed by atoms with van der Waals surface area (Å²) >= 11 is 0. The first-order valence-electron chi connectivity index (χ1n) is 7.89. The Kier molecular flexibility index (Phi) is 5.10. The average molecular weight is 309 g/mol. The highest BCUT2D eigenvalue weighted by molar-refractivity contribution is 7.92. The molecule has 21 heavy (non-hydrogen) atoms. The molecule has 1 aliphatic heterocycles. The predicted octanol–water partition coefficient (Wildman–Crippen LogP) is 3.23. The second kappa shape index (κ2) is 6.49. The van der Waals surface area contributed by atoms with E-state index in [1.807, 2.05) is 6.92 Å². The van der Waals surface area contributed by atoms with E-state index in [1.165, 1.54) is 16.7 Å². The van der Waals surface area contributed by atoms with E-state index in [0.717, 1.165) is 31.4 Å². The zero-order valence-corrected chi connectivity index (χ0v) is 14.4. The first-order chi connectivity index (χ1) is 9.86. The number of aryl methyl sites for hydroxylation is 3. The average Bonchev–Trinajstić information content (AvgIpc) is 2.41. The van der Waals surface area contributed by atoms with Gasteiger partial charge in [0, 0.05) is 6.04 Å². The molecule has 2 atom stereocenters. The zero-order chi connectivity index (χ0) is 15.6. The maximum absolute atomic E-state index is 12.5. The lowest BCUT2D eigenvalue weighted by atomic mass is 9.92. The van der Waals surface area contributed by atoms with Crippen LogP contribution in [0.15, 0.2) is 12.1 Å². The van der Waals surface area contributed by atoms with Gasteiger partial charge < -0.3 is 5.32 Å². The molecule has 1 aliphatic rings.